The first-order valence-electron chi connectivity index (χ1n) is 6.85. The zero-order chi connectivity index (χ0) is 13.1. The van der Waals surface area contributed by atoms with Crippen molar-refractivity contribution in [3.8, 4) is 0 Å². The fourth-order valence-corrected chi connectivity index (χ4v) is 3.09. The molecule has 2 N–H and O–H groups in total. The predicted molar refractivity (Wildman–Crippen MR) is 72.9 cm³/mol. The van der Waals surface area contributed by atoms with Crippen LogP contribution in [0.1, 0.15) is 38.9 Å². The van der Waals surface area contributed by atoms with Crippen LogP contribution in [0.2, 0.25) is 0 Å². The van der Waals surface area contributed by atoms with Crippen LogP contribution in [0, 0.1) is 11.8 Å². The third-order valence-electron chi connectivity index (χ3n) is 4.21. The molecule has 18 heavy (non-hydrogen) atoms. The zero-order valence-electron chi connectivity index (χ0n) is 11.6. The highest BCUT2D eigenvalue weighted by Crippen LogP contribution is 2.32. The summed E-state index contributed by atoms with van der Waals surface area (Å²) in [5, 5.41) is 0. The third kappa shape index (κ3) is 2.70. The average Bonchev–Trinajstić information content (AvgIpc) is 2.37. The van der Waals surface area contributed by atoms with E-state index in [4.69, 9.17) is 5.73 Å². The number of hydrogen-bond acceptors (Lipinski definition) is 4. The smallest absolute Gasteiger partial charge is 0.115 e. The lowest BCUT2D eigenvalue weighted by Gasteiger charge is -2.44. The summed E-state index contributed by atoms with van der Waals surface area (Å²) in [5.74, 6) is 1.44. The molecule has 4 atom stereocenters. The van der Waals surface area contributed by atoms with Gasteiger partial charge in [0.1, 0.15) is 6.33 Å². The molecular weight excluding hydrogens is 224 g/mol. The van der Waals surface area contributed by atoms with Crippen molar-refractivity contribution >= 4 is 0 Å². The van der Waals surface area contributed by atoms with Gasteiger partial charge in [-0.3, -0.25) is 4.90 Å². The van der Waals surface area contributed by atoms with Crippen molar-refractivity contribution in [2.45, 2.75) is 39.3 Å². The summed E-state index contributed by atoms with van der Waals surface area (Å²) in [6.07, 6.45) is 4.71. The minimum absolute atomic E-state index is 0.216. The van der Waals surface area contributed by atoms with E-state index in [1.54, 1.807) is 12.5 Å². The lowest BCUT2D eigenvalue weighted by Crippen LogP contribution is -2.49. The molecule has 1 aliphatic rings. The first-order valence-corrected chi connectivity index (χ1v) is 6.85. The monoisotopic (exact) mass is 248 g/mol. The largest absolute Gasteiger partial charge is 0.329 e. The van der Waals surface area contributed by atoms with Crippen molar-refractivity contribution in [1.29, 1.82) is 0 Å². The average molecular weight is 248 g/mol. The zero-order valence-corrected chi connectivity index (χ0v) is 11.6. The number of likely N-dealkylation sites (tertiary alicyclic amines) is 1. The summed E-state index contributed by atoms with van der Waals surface area (Å²) in [4.78, 5) is 10.9. The Hall–Kier alpha value is -1.00. The van der Waals surface area contributed by atoms with Crippen molar-refractivity contribution in [3.63, 3.8) is 0 Å². The van der Waals surface area contributed by atoms with E-state index in [-0.39, 0.29) is 6.04 Å². The summed E-state index contributed by atoms with van der Waals surface area (Å²) < 4.78 is 0. The van der Waals surface area contributed by atoms with Gasteiger partial charge in [0.25, 0.3) is 0 Å². The van der Waals surface area contributed by atoms with Crippen molar-refractivity contribution in [3.05, 3.63) is 24.3 Å². The van der Waals surface area contributed by atoms with Gasteiger partial charge in [0.05, 0.1) is 11.7 Å². The van der Waals surface area contributed by atoms with E-state index in [2.05, 4.69) is 35.6 Å². The van der Waals surface area contributed by atoms with Crippen LogP contribution in [0.25, 0.3) is 0 Å². The number of nitrogens with two attached hydrogens (primary N) is 1. The molecule has 0 aromatic carbocycles. The minimum Gasteiger partial charge on any atom is -0.329 e. The molecule has 2 rings (SSSR count). The predicted octanol–water partition coefficient (Wildman–Crippen LogP) is 1.84. The molecule has 1 aromatic heterocycles. The Bertz CT molecular complexity index is 367. The van der Waals surface area contributed by atoms with Crippen LogP contribution in [0.5, 0.6) is 0 Å². The molecule has 2 heterocycles. The molecule has 4 unspecified atom stereocenters. The molecular formula is C14H24N4. The van der Waals surface area contributed by atoms with Crippen LogP contribution >= 0.6 is 0 Å². The molecule has 1 aromatic rings. The van der Waals surface area contributed by atoms with Crippen LogP contribution in [0.3, 0.4) is 0 Å². The number of rotatable bonds is 3. The van der Waals surface area contributed by atoms with Crippen molar-refractivity contribution < 1.29 is 0 Å². The van der Waals surface area contributed by atoms with Gasteiger partial charge in [0.15, 0.2) is 0 Å². The quantitative estimate of drug-likeness (QED) is 0.887. The van der Waals surface area contributed by atoms with Gasteiger partial charge in [-0.15, -0.1) is 0 Å². The second-order valence-electron chi connectivity index (χ2n) is 5.64. The van der Waals surface area contributed by atoms with E-state index in [0.29, 0.717) is 18.5 Å². The second-order valence-corrected chi connectivity index (χ2v) is 5.64. The van der Waals surface area contributed by atoms with E-state index >= 15 is 0 Å². The Morgan fingerprint density at radius 3 is 2.83 bits per heavy atom. The first kappa shape index (κ1) is 13.4. The molecule has 4 heteroatoms. The molecule has 0 radical (unpaired) electrons. The van der Waals surface area contributed by atoms with Gasteiger partial charge in [-0.25, -0.2) is 9.97 Å². The van der Waals surface area contributed by atoms with Gasteiger partial charge < -0.3 is 5.73 Å². The van der Waals surface area contributed by atoms with Crippen LogP contribution in [0.15, 0.2) is 18.6 Å². The normalized spacial score (nSPS) is 31.2. The molecule has 0 aliphatic carbocycles. The molecule has 1 saturated heterocycles. The van der Waals surface area contributed by atoms with E-state index < -0.39 is 0 Å². The highest BCUT2D eigenvalue weighted by Gasteiger charge is 2.33. The summed E-state index contributed by atoms with van der Waals surface area (Å²) in [7, 11) is 0. The maximum Gasteiger partial charge on any atom is 0.115 e. The van der Waals surface area contributed by atoms with Crippen LogP contribution in [0.4, 0.5) is 0 Å². The van der Waals surface area contributed by atoms with Crippen LogP contribution in [-0.4, -0.2) is 34.0 Å². The topological polar surface area (TPSA) is 55.0 Å². The van der Waals surface area contributed by atoms with Crippen LogP contribution < -0.4 is 5.73 Å². The number of nitrogens with zero attached hydrogens (tertiary/aromatic N) is 3. The standard InChI is InChI=1S/C14H24N4/c1-10-6-11(2)12(3)18(8-10)14(7-15)13-4-5-16-9-17-13/h4-5,9-12,14H,6-8,15H2,1-3H3. The lowest BCUT2D eigenvalue weighted by molar-refractivity contribution is 0.0409. The Morgan fingerprint density at radius 2 is 2.22 bits per heavy atom. The summed E-state index contributed by atoms with van der Waals surface area (Å²) in [5.41, 5.74) is 7.03. The molecule has 100 valence electrons. The van der Waals surface area contributed by atoms with E-state index in [1.807, 2.05) is 6.07 Å². The van der Waals surface area contributed by atoms with Gasteiger partial charge in [-0.05, 0) is 31.2 Å². The van der Waals surface area contributed by atoms with Crippen molar-refractivity contribution in [1.82, 2.24) is 14.9 Å². The Kier molecular flexibility index (Phi) is 4.30. The molecule has 0 saturated carbocycles. The number of hydrogen-bond donors (Lipinski definition) is 1. The van der Waals surface area contributed by atoms with E-state index in [1.165, 1.54) is 6.42 Å². The van der Waals surface area contributed by atoms with Crippen LogP contribution in [-0.2, 0) is 0 Å². The molecule has 1 aliphatic heterocycles. The Labute approximate surface area is 110 Å². The Balaban J connectivity index is 2.21. The van der Waals surface area contributed by atoms with Gasteiger partial charge >= 0.3 is 0 Å². The van der Waals surface area contributed by atoms with Crippen molar-refractivity contribution in [2.24, 2.45) is 17.6 Å². The molecule has 1 fully saturated rings. The summed E-state index contributed by atoms with van der Waals surface area (Å²) in [6.45, 7) is 8.68. The van der Waals surface area contributed by atoms with Gasteiger partial charge in [0, 0.05) is 25.3 Å². The third-order valence-corrected chi connectivity index (χ3v) is 4.21. The Morgan fingerprint density at radius 1 is 1.44 bits per heavy atom. The minimum atomic E-state index is 0.216. The second kappa shape index (κ2) is 5.76. The van der Waals surface area contributed by atoms with Crippen molar-refractivity contribution in [2.75, 3.05) is 13.1 Å². The number of aromatic nitrogens is 2. The summed E-state index contributed by atoms with van der Waals surface area (Å²) >= 11 is 0. The molecule has 0 spiro atoms. The van der Waals surface area contributed by atoms with Gasteiger partial charge in [-0.2, -0.15) is 0 Å². The highest BCUT2D eigenvalue weighted by atomic mass is 15.2. The molecule has 0 bridgehead atoms. The SMILES string of the molecule is CC1CC(C)C(C)N(C(CN)c2ccncn2)C1. The van der Waals surface area contributed by atoms with Gasteiger partial charge in [-0.1, -0.05) is 13.8 Å². The molecule has 4 nitrogen and oxygen atoms in total. The van der Waals surface area contributed by atoms with E-state index in [0.717, 1.165) is 18.2 Å². The summed E-state index contributed by atoms with van der Waals surface area (Å²) in [6, 6.07) is 2.76. The lowest BCUT2D eigenvalue weighted by atomic mass is 9.84. The fraction of sp³-hybridized carbons (Fsp3) is 0.714. The highest BCUT2D eigenvalue weighted by molar-refractivity contribution is 5.07. The fourth-order valence-electron chi connectivity index (χ4n) is 3.09. The maximum absolute atomic E-state index is 5.99. The molecule has 0 amide bonds. The van der Waals surface area contributed by atoms with E-state index in [9.17, 15) is 0 Å². The van der Waals surface area contributed by atoms with Gasteiger partial charge in [0.2, 0.25) is 0 Å². The maximum atomic E-state index is 5.99. The first-order chi connectivity index (χ1) is 8.63. The number of piperidine rings is 1.